The summed E-state index contributed by atoms with van der Waals surface area (Å²) in [5.41, 5.74) is 3.36. The number of hydrogen-bond donors (Lipinski definition) is 1. The molecule has 2 aromatic carbocycles. The first-order valence-electron chi connectivity index (χ1n) is 9.66. The van der Waals surface area contributed by atoms with E-state index in [1.807, 2.05) is 25.1 Å². The van der Waals surface area contributed by atoms with Crippen molar-refractivity contribution in [2.24, 2.45) is 0 Å². The largest absolute Gasteiger partial charge is 0.462 e. The third kappa shape index (κ3) is 3.36. The van der Waals surface area contributed by atoms with Gasteiger partial charge in [-0.05, 0) is 43.5 Å². The lowest BCUT2D eigenvalue weighted by atomic mass is 10.0. The van der Waals surface area contributed by atoms with Gasteiger partial charge in [0.2, 0.25) is 0 Å². The van der Waals surface area contributed by atoms with Crippen LogP contribution in [0.15, 0.2) is 42.6 Å². The summed E-state index contributed by atoms with van der Waals surface area (Å²) in [4.78, 5) is 30.3. The van der Waals surface area contributed by atoms with Crippen LogP contribution in [0.4, 0.5) is 8.78 Å². The summed E-state index contributed by atoms with van der Waals surface area (Å²) >= 11 is 0. The SMILES string of the molecule is CCOC(=O)C1=CN(C(=O)c2ccc(F)cc2F)CCc2c1[nH]c1c(C)cccc21. The number of ether oxygens (including phenoxy) is 1. The van der Waals surface area contributed by atoms with E-state index in [0.29, 0.717) is 18.2 Å². The number of H-pyrrole nitrogens is 1. The molecular weight excluding hydrogens is 390 g/mol. The highest BCUT2D eigenvalue weighted by molar-refractivity contribution is 6.18. The molecule has 1 aliphatic heterocycles. The van der Waals surface area contributed by atoms with Gasteiger partial charge < -0.3 is 14.6 Å². The first-order chi connectivity index (χ1) is 14.4. The maximum Gasteiger partial charge on any atom is 0.341 e. The maximum absolute atomic E-state index is 14.2. The van der Waals surface area contributed by atoms with Gasteiger partial charge in [-0.15, -0.1) is 0 Å². The number of carbonyl (C=O) groups excluding carboxylic acids is 2. The molecule has 5 nitrogen and oxygen atoms in total. The Labute approximate surface area is 171 Å². The number of aryl methyl sites for hydroxylation is 1. The molecule has 0 bridgehead atoms. The minimum Gasteiger partial charge on any atom is -0.462 e. The Hall–Kier alpha value is -3.48. The highest BCUT2D eigenvalue weighted by Crippen LogP contribution is 2.33. The fourth-order valence-corrected chi connectivity index (χ4v) is 3.77. The number of benzene rings is 2. The third-order valence-corrected chi connectivity index (χ3v) is 5.22. The van der Waals surface area contributed by atoms with E-state index >= 15 is 0 Å². The average Bonchev–Trinajstić information content (AvgIpc) is 2.97. The molecule has 0 atom stereocenters. The number of esters is 1. The Kier molecular flexibility index (Phi) is 5.11. The number of nitrogens with one attached hydrogen (secondary N) is 1. The summed E-state index contributed by atoms with van der Waals surface area (Å²) in [6.45, 7) is 4.07. The van der Waals surface area contributed by atoms with Crippen molar-refractivity contribution in [3.8, 4) is 0 Å². The summed E-state index contributed by atoms with van der Waals surface area (Å²) in [7, 11) is 0. The lowest BCUT2D eigenvalue weighted by Gasteiger charge is -2.18. The summed E-state index contributed by atoms with van der Waals surface area (Å²) in [6.07, 6.45) is 1.84. The fraction of sp³-hybridized carbons (Fsp3) is 0.217. The van der Waals surface area contributed by atoms with E-state index in [1.54, 1.807) is 6.92 Å². The zero-order valence-electron chi connectivity index (χ0n) is 16.6. The molecule has 3 aromatic rings. The second-order valence-electron chi connectivity index (χ2n) is 7.11. The monoisotopic (exact) mass is 410 g/mol. The molecule has 30 heavy (non-hydrogen) atoms. The van der Waals surface area contributed by atoms with Crippen molar-refractivity contribution < 1.29 is 23.1 Å². The van der Waals surface area contributed by atoms with Gasteiger partial charge in [-0.1, -0.05) is 18.2 Å². The van der Waals surface area contributed by atoms with Gasteiger partial charge in [0.15, 0.2) is 0 Å². The van der Waals surface area contributed by atoms with Crippen LogP contribution in [0.3, 0.4) is 0 Å². The van der Waals surface area contributed by atoms with Gasteiger partial charge in [0, 0.05) is 29.7 Å². The fourth-order valence-electron chi connectivity index (χ4n) is 3.77. The number of aromatic amines is 1. The molecule has 0 spiro atoms. The van der Waals surface area contributed by atoms with Gasteiger partial charge in [-0.25, -0.2) is 13.6 Å². The van der Waals surface area contributed by atoms with Gasteiger partial charge in [-0.2, -0.15) is 0 Å². The highest BCUT2D eigenvalue weighted by atomic mass is 19.1. The first-order valence-corrected chi connectivity index (χ1v) is 9.66. The number of amides is 1. The second-order valence-corrected chi connectivity index (χ2v) is 7.11. The van der Waals surface area contributed by atoms with Crippen LogP contribution in [0, 0.1) is 18.6 Å². The Bertz CT molecular complexity index is 1200. The molecule has 0 saturated heterocycles. The van der Waals surface area contributed by atoms with Crippen LogP contribution in [0.2, 0.25) is 0 Å². The molecule has 2 heterocycles. The zero-order chi connectivity index (χ0) is 21.4. The number of halogens is 2. The smallest absolute Gasteiger partial charge is 0.341 e. The van der Waals surface area contributed by atoms with Crippen molar-refractivity contribution in [2.75, 3.05) is 13.2 Å². The van der Waals surface area contributed by atoms with E-state index in [9.17, 15) is 18.4 Å². The standard InChI is InChI=1S/C23H20F2N2O3/c1-3-30-23(29)18-12-27(22(28)17-8-7-14(24)11-19(17)25)10-9-16-15-6-4-5-13(2)20(15)26-21(16)18/h4-8,11-12,26H,3,9-10H2,1-2H3. The van der Waals surface area contributed by atoms with E-state index in [0.717, 1.165) is 34.2 Å². The Morgan fingerprint density at radius 1 is 1.20 bits per heavy atom. The van der Waals surface area contributed by atoms with Crippen LogP contribution >= 0.6 is 0 Å². The number of nitrogens with zero attached hydrogens (tertiary/aromatic N) is 1. The van der Waals surface area contributed by atoms with Crippen molar-refractivity contribution in [2.45, 2.75) is 20.3 Å². The summed E-state index contributed by atoms with van der Waals surface area (Å²) in [6, 6.07) is 8.66. The van der Waals surface area contributed by atoms with Gasteiger partial charge >= 0.3 is 5.97 Å². The van der Waals surface area contributed by atoms with E-state index in [1.165, 1.54) is 11.1 Å². The van der Waals surface area contributed by atoms with Crippen molar-refractivity contribution >= 4 is 28.4 Å². The number of rotatable bonds is 3. The molecule has 154 valence electrons. The van der Waals surface area contributed by atoms with E-state index in [-0.39, 0.29) is 24.3 Å². The van der Waals surface area contributed by atoms with Gasteiger partial charge in [0.1, 0.15) is 11.6 Å². The number of hydrogen-bond acceptors (Lipinski definition) is 3. The van der Waals surface area contributed by atoms with Crippen LogP contribution in [-0.4, -0.2) is 34.9 Å². The quantitative estimate of drug-likeness (QED) is 0.653. The van der Waals surface area contributed by atoms with Crippen molar-refractivity contribution in [1.29, 1.82) is 0 Å². The Balaban J connectivity index is 1.83. The van der Waals surface area contributed by atoms with Gasteiger partial charge in [0.05, 0.1) is 23.4 Å². The average molecular weight is 410 g/mol. The predicted octanol–water partition coefficient (Wildman–Crippen LogP) is 4.36. The molecular formula is C23H20F2N2O3. The van der Waals surface area contributed by atoms with Crippen LogP contribution in [0.25, 0.3) is 16.5 Å². The zero-order valence-corrected chi connectivity index (χ0v) is 16.6. The molecule has 0 radical (unpaired) electrons. The minimum atomic E-state index is -0.949. The lowest BCUT2D eigenvalue weighted by Crippen LogP contribution is -2.28. The normalized spacial score (nSPS) is 13.6. The summed E-state index contributed by atoms with van der Waals surface area (Å²) in [5, 5.41) is 0.961. The highest BCUT2D eigenvalue weighted by Gasteiger charge is 2.28. The van der Waals surface area contributed by atoms with Crippen molar-refractivity contribution in [3.05, 3.63) is 76.6 Å². The number of aromatic nitrogens is 1. The van der Waals surface area contributed by atoms with Gasteiger partial charge in [0.25, 0.3) is 5.91 Å². The van der Waals surface area contributed by atoms with Gasteiger partial charge in [-0.3, -0.25) is 4.79 Å². The Morgan fingerprint density at radius 2 is 2.00 bits per heavy atom. The van der Waals surface area contributed by atoms with Crippen LogP contribution in [0.5, 0.6) is 0 Å². The van der Waals surface area contributed by atoms with E-state index in [2.05, 4.69) is 4.98 Å². The second kappa shape index (κ2) is 7.74. The van der Waals surface area contributed by atoms with Crippen LogP contribution < -0.4 is 0 Å². The molecule has 0 aliphatic carbocycles. The van der Waals surface area contributed by atoms with Crippen molar-refractivity contribution in [1.82, 2.24) is 9.88 Å². The Morgan fingerprint density at radius 3 is 2.73 bits per heavy atom. The number of para-hydroxylation sites is 1. The topological polar surface area (TPSA) is 62.4 Å². The number of fused-ring (bicyclic) bond motifs is 3. The molecule has 1 aliphatic rings. The molecule has 0 fully saturated rings. The lowest BCUT2D eigenvalue weighted by molar-refractivity contribution is -0.136. The van der Waals surface area contributed by atoms with Crippen molar-refractivity contribution in [3.63, 3.8) is 0 Å². The minimum absolute atomic E-state index is 0.172. The molecule has 0 unspecified atom stereocenters. The van der Waals surface area contributed by atoms with E-state index in [4.69, 9.17) is 4.74 Å². The predicted molar refractivity (Wildman–Crippen MR) is 109 cm³/mol. The van der Waals surface area contributed by atoms with E-state index < -0.39 is 23.5 Å². The molecule has 0 saturated carbocycles. The molecule has 7 heteroatoms. The molecule has 4 rings (SSSR count). The third-order valence-electron chi connectivity index (χ3n) is 5.22. The van der Waals surface area contributed by atoms with Crippen LogP contribution in [0.1, 0.15) is 34.1 Å². The first kappa shape index (κ1) is 19.8. The molecule has 1 aromatic heterocycles. The summed E-state index contributed by atoms with van der Waals surface area (Å²) in [5.74, 6) is -2.95. The van der Waals surface area contributed by atoms with Crippen LogP contribution in [-0.2, 0) is 16.0 Å². The maximum atomic E-state index is 14.2. The summed E-state index contributed by atoms with van der Waals surface area (Å²) < 4.78 is 32.6. The molecule has 1 amide bonds. The number of carbonyl (C=O) groups is 2. The molecule has 1 N–H and O–H groups in total.